The number of para-hydroxylation sites is 1. The first-order chi connectivity index (χ1) is 14.3. The maximum Gasteiger partial charge on any atom is 0.245 e. The van der Waals surface area contributed by atoms with Gasteiger partial charge in [-0.05, 0) is 36.0 Å². The van der Waals surface area contributed by atoms with E-state index in [0.717, 1.165) is 16.5 Å². The summed E-state index contributed by atoms with van der Waals surface area (Å²) in [5.41, 5.74) is 2.29. The number of rotatable bonds is 5. The molecule has 0 radical (unpaired) electrons. The molecule has 0 aliphatic heterocycles. The number of carbonyl (C=O) groups is 1. The predicted molar refractivity (Wildman–Crippen MR) is 129 cm³/mol. The molecule has 1 amide bonds. The summed E-state index contributed by atoms with van der Waals surface area (Å²) in [5.74, 6) is -0.447. The highest BCUT2D eigenvalue weighted by molar-refractivity contribution is 7.80. The van der Waals surface area contributed by atoms with Gasteiger partial charge >= 0.3 is 0 Å². The Morgan fingerprint density at radius 2 is 1.73 bits per heavy atom. The molecule has 0 bridgehead atoms. The zero-order valence-electron chi connectivity index (χ0n) is 15.5. The van der Waals surface area contributed by atoms with Crippen LogP contribution in [0.5, 0.6) is 0 Å². The van der Waals surface area contributed by atoms with Crippen molar-refractivity contribution in [3.05, 3.63) is 78.5 Å². The smallest absolute Gasteiger partial charge is 0.245 e. The Morgan fingerprint density at radius 1 is 1.00 bits per heavy atom. The number of anilines is 1. The fourth-order valence-corrected chi connectivity index (χ4v) is 3.18. The van der Waals surface area contributed by atoms with E-state index in [2.05, 4.69) is 20.9 Å². The zero-order valence-corrected chi connectivity index (χ0v) is 18.6. The van der Waals surface area contributed by atoms with E-state index in [4.69, 9.17) is 47.0 Å². The van der Waals surface area contributed by atoms with Gasteiger partial charge in [0.2, 0.25) is 9.70 Å². The number of halogens is 3. The number of carbonyl (C=O) groups excluding carboxylic acids is 1. The number of aromatic nitrogens is 1. The Morgan fingerprint density at radius 3 is 2.47 bits per heavy atom. The number of fused-ring (bicyclic) bond motifs is 1. The molecule has 0 aliphatic carbocycles. The van der Waals surface area contributed by atoms with Gasteiger partial charge in [0.1, 0.15) is 6.17 Å². The molecule has 0 spiro atoms. The van der Waals surface area contributed by atoms with Crippen LogP contribution in [0.15, 0.2) is 72.9 Å². The van der Waals surface area contributed by atoms with Gasteiger partial charge in [-0.2, -0.15) is 0 Å². The minimum atomic E-state index is -1.85. The van der Waals surface area contributed by atoms with E-state index < -0.39 is 15.9 Å². The van der Waals surface area contributed by atoms with Crippen LogP contribution in [0.3, 0.4) is 0 Å². The highest BCUT2D eigenvalue weighted by Gasteiger charge is 2.34. The Hall–Kier alpha value is -2.38. The van der Waals surface area contributed by atoms with Crippen molar-refractivity contribution in [3.63, 3.8) is 0 Å². The molecule has 154 valence electrons. The minimum Gasteiger partial charge on any atom is -0.339 e. The Bertz CT molecular complexity index is 1070. The zero-order chi connectivity index (χ0) is 21.6. The number of hydrogen-bond acceptors (Lipinski definition) is 3. The molecule has 0 fully saturated rings. The second-order valence-electron chi connectivity index (χ2n) is 6.21. The summed E-state index contributed by atoms with van der Waals surface area (Å²) in [6.07, 6.45) is 3.63. The molecule has 1 heterocycles. The molecule has 0 aliphatic rings. The number of amides is 1. The first-order valence-electron chi connectivity index (χ1n) is 8.84. The molecule has 9 heteroatoms. The molecule has 0 saturated carbocycles. The van der Waals surface area contributed by atoms with Crippen molar-refractivity contribution >= 4 is 80.7 Å². The van der Waals surface area contributed by atoms with Gasteiger partial charge < -0.3 is 16.0 Å². The van der Waals surface area contributed by atoms with Crippen molar-refractivity contribution in [1.29, 1.82) is 0 Å². The number of benzene rings is 2. The van der Waals surface area contributed by atoms with Crippen molar-refractivity contribution in [1.82, 2.24) is 15.6 Å². The number of hydrogen-bond donors (Lipinski definition) is 3. The van der Waals surface area contributed by atoms with Gasteiger partial charge in [0.05, 0.1) is 11.2 Å². The van der Waals surface area contributed by atoms with Gasteiger partial charge in [0.25, 0.3) is 0 Å². The standard InChI is InChI=1S/C21H17Cl3N4OS/c22-21(23,24)19(27-17(29)12-11-14-6-2-1-3-7-14)28-20(30)26-16-10-4-8-15-9-5-13-25-18(15)16/h1-13,19H,(H,27,29)(H2,26,28,30)/b12-11+/t19-/m1/s1. The van der Waals surface area contributed by atoms with Crippen LogP contribution in [0.25, 0.3) is 17.0 Å². The summed E-state index contributed by atoms with van der Waals surface area (Å²) < 4.78 is -1.85. The van der Waals surface area contributed by atoms with Crippen LogP contribution in [0.2, 0.25) is 0 Å². The second kappa shape index (κ2) is 10.1. The van der Waals surface area contributed by atoms with Crippen molar-refractivity contribution in [2.45, 2.75) is 9.96 Å². The van der Waals surface area contributed by atoms with E-state index in [1.807, 2.05) is 60.7 Å². The SMILES string of the molecule is O=C(/C=C/c1ccccc1)N[C@H](NC(=S)Nc1cccc2cccnc12)C(Cl)(Cl)Cl. The van der Waals surface area contributed by atoms with Crippen LogP contribution < -0.4 is 16.0 Å². The molecule has 3 rings (SSSR count). The summed E-state index contributed by atoms with van der Waals surface area (Å²) in [7, 11) is 0. The first-order valence-corrected chi connectivity index (χ1v) is 10.4. The maximum atomic E-state index is 12.3. The normalized spacial score (nSPS) is 12.5. The van der Waals surface area contributed by atoms with Crippen molar-refractivity contribution in [3.8, 4) is 0 Å². The molecule has 1 aromatic heterocycles. The quantitative estimate of drug-likeness (QED) is 0.207. The minimum absolute atomic E-state index is 0.164. The number of nitrogens with one attached hydrogen (secondary N) is 3. The second-order valence-corrected chi connectivity index (χ2v) is 8.98. The lowest BCUT2D eigenvalue weighted by molar-refractivity contribution is -0.117. The van der Waals surface area contributed by atoms with E-state index in [0.29, 0.717) is 5.69 Å². The lowest BCUT2D eigenvalue weighted by Crippen LogP contribution is -2.55. The van der Waals surface area contributed by atoms with Crippen molar-refractivity contribution < 1.29 is 4.79 Å². The fraction of sp³-hybridized carbons (Fsp3) is 0.0952. The third-order valence-corrected chi connectivity index (χ3v) is 4.87. The number of nitrogens with zero attached hydrogens (tertiary/aromatic N) is 1. The lowest BCUT2D eigenvalue weighted by atomic mass is 10.2. The molecule has 0 saturated heterocycles. The molecule has 30 heavy (non-hydrogen) atoms. The van der Waals surface area contributed by atoms with Crippen molar-refractivity contribution in [2.75, 3.05) is 5.32 Å². The van der Waals surface area contributed by atoms with E-state index >= 15 is 0 Å². The van der Waals surface area contributed by atoms with E-state index in [1.54, 1.807) is 12.3 Å². The molecular formula is C21H17Cl3N4OS. The van der Waals surface area contributed by atoms with Crippen LogP contribution in [0.4, 0.5) is 5.69 Å². The van der Waals surface area contributed by atoms with Crippen LogP contribution in [0.1, 0.15) is 5.56 Å². The largest absolute Gasteiger partial charge is 0.339 e. The maximum absolute atomic E-state index is 12.3. The summed E-state index contributed by atoms with van der Waals surface area (Å²) in [5, 5.41) is 9.58. The van der Waals surface area contributed by atoms with E-state index in [1.165, 1.54) is 6.08 Å². The van der Waals surface area contributed by atoms with E-state index in [9.17, 15) is 4.79 Å². The monoisotopic (exact) mass is 478 g/mol. The molecule has 2 aromatic carbocycles. The summed E-state index contributed by atoms with van der Waals surface area (Å²) >= 11 is 23.4. The topological polar surface area (TPSA) is 66.1 Å². The third kappa shape index (κ3) is 6.31. The molecule has 5 nitrogen and oxygen atoms in total. The Balaban J connectivity index is 1.68. The van der Waals surface area contributed by atoms with Crippen LogP contribution in [-0.2, 0) is 4.79 Å². The molecule has 3 N–H and O–H groups in total. The summed E-state index contributed by atoms with van der Waals surface area (Å²) in [6.45, 7) is 0. The molecule has 1 atom stereocenters. The average molecular weight is 480 g/mol. The number of alkyl halides is 3. The molecule has 0 unspecified atom stereocenters. The van der Waals surface area contributed by atoms with Gasteiger partial charge in [-0.1, -0.05) is 83.3 Å². The molecule has 3 aromatic rings. The van der Waals surface area contributed by atoms with Gasteiger partial charge in [-0.25, -0.2) is 0 Å². The molecular weight excluding hydrogens is 463 g/mol. The number of pyridine rings is 1. The summed E-state index contributed by atoms with van der Waals surface area (Å²) in [6, 6.07) is 18.8. The van der Waals surface area contributed by atoms with E-state index in [-0.39, 0.29) is 5.11 Å². The first kappa shape index (κ1) is 22.3. The average Bonchev–Trinajstić information content (AvgIpc) is 2.72. The highest BCUT2D eigenvalue weighted by Crippen LogP contribution is 2.29. The van der Waals surface area contributed by atoms with Crippen LogP contribution in [-0.4, -0.2) is 26.0 Å². The van der Waals surface area contributed by atoms with Crippen molar-refractivity contribution in [2.24, 2.45) is 0 Å². The van der Waals surface area contributed by atoms with Crippen LogP contribution in [0, 0.1) is 0 Å². The predicted octanol–water partition coefficient (Wildman–Crippen LogP) is 5.05. The Labute approximate surface area is 194 Å². The fourth-order valence-electron chi connectivity index (χ4n) is 2.62. The van der Waals surface area contributed by atoms with Gasteiger partial charge in [0, 0.05) is 17.7 Å². The summed E-state index contributed by atoms with van der Waals surface area (Å²) in [4.78, 5) is 16.7. The Kier molecular flexibility index (Phi) is 7.50. The highest BCUT2D eigenvalue weighted by atomic mass is 35.6. The van der Waals surface area contributed by atoms with Gasteiger partial charge in [-0.3, -0.25) is 9.78 Å². The van der Waals surface area contributed by atoms with Gasteiger partial charge in [0.15, 0.2) is 5.11 Å². The van der Waals surface area contributed by atoms with Crippen LogP contribution >= 0.6 is 47.0 Å². The van der Waals surface area contributed by atoms with Gasteiger partial charge in [-0.15, -0.1) is 0 Å². The third-order valence-electron chi connectivity index (χ3n) is 4.00. The number of thiocarbonyl (C=S) groups is 1. The lowest BCUT2D eigenvalue weighted by Gasteiger charge is -2.27.